The summed E-state index contributed by atoms with van der Waals surface area (Å²) in [5.41, 5.74) is 2.13. The average molecular weight is 422 g/mol. The lowest BCUT2D eigenvalue weighted by Crippen LogP contribution is -2.08. The van der Waals surface area contributed by atoms with E-state index in [9.17, 15) is 4.79 Å². The Morgan fingerprint density at radius 1 is 1.48 bits per heavy atom. The SMILES string of the molecule is CCOC(=O)c1cnc2cc(COCCOPI)ccn12. The summed E-state index contributed by atoms with van der Waals surface area (Å²) in [4.78, 5) is 16.0. The fourth-order valence-corrected chi connectivity index (χ4v) is 2.62. The predicted octanol–water partition coefficient (Wildman–Crippen LogP) is 2.99. The molecule has 0 spiro atoms. The summed E-state index contributed by atoms with van der Waals surface area (Å²) < 4.78 is 17.4. The Hall–Kier alpha value is -0.760. The quantitative estimate of drug-likeness (QED) is 0.283. The molecule has 0 bridgehead atoms. The van der Waals surface area contributed by atoms with Gasteiger partial charge in [0, 0.05) is 6.20 Å². The number of hydrogen-bond acceptors (Lipinski definition) is 5. The van der Waals surface area contributed by atoms with Crippen LogP contribution in [0.15, 0.2) is 24.5 Å². The van der Waals surface area contributed by atoms with Crippen LogP contribution in [0, 0.1) is 0 Å². The summed E-state index contributed by atoms with van der Waals surface area (Å²) in [6.07, 6.45) is 3.32. The molecule has 0 aliphatic carbocycles. The molecule has 0 saturated heterocycles. The molecule has 114 valence electrons. The second-order valence-corrected chi connectivity index (χ2v) is 5.87. The Bertz CT molecular complexity index is 605. The van der Waals surface area contributed by atoms with Crippen molar-refractivity contribution in [1.82, 2.24) is 9.38 Å². The topological polar surface area (TPSA) is 62.1 Å². The summed E-state index contributed by atoms with van der Waals surface area (Å²) in [5.74, 6) is -0.370. The van der Waals surface area contributed by atoms with Gasteiger partial charge in [0.05, 0.1) is 39.1 Å². The number of carbonyl (C=O) groups excluding carboxylic acids is 1. The van der Waals surface area contributed by atoms with Gasteiger partial charge in [0.15, 0.2) is 5.69 Å². The molecule has 6 nitrogen and oxygen atoms in total. The molecule has 8 heteroatoms. The van der Waals surface area contributed by atoms with Gasteiger partial charge in [0.2, 0.25) is 0 Å². The van der Waals surface area contributed by atoms with Crippen molar-refractivity contribution in [3.8, 4) is 0 Å². The minimum absolute atomic E-state index is 0.345. The molecule has 1 unspecified atom stereocenters. The van der Waals surface area contributed by atoms with E-state index < -0.39 is 0 Å². The minimum atomic E-state index is -0.370. The Kier molecular flexibility index (Phi) is 6.82. The van der Waals surface area contributed by atoms with Crippen molar-refractivity contribution in [2.45, 2.75) is 13.5 Å². The van der Waals surface area contributed by atoms with E-state index in [1.54, 1.807) is 17.5 Å². The number of ether oxygens (including phenoxy) is 2. The first kappa shape index (κ1) is 16.6. The molecule has 0 N–H and O–H groups in total. The summed E-state index contributed by atoms with van der Waals surface area (Å²) in [6, 6.07) is 3.79. The molecule has 21 heavy (non-hydrogen) atoms. The number of carbonyl (C=O) groups is 1. The zero-order valence-corrected chi connectivity index (χ0v) is 14.7. The Morgan fingerprint density at radius 3 is 3.10 bits per heavy atom. The van der Waals surface area contributed by atoms with Gasteiger partial charge in [0.25, 0.3) is 0 Å². The van der Waals surface area contributed by atoms with Crippen LogP contribution in [0.2, 0.25) is 0 Å². The first-order valence-electron chi connectivity index (χ1n) is 6.44. The zero-order chi connectivity index (χ0) is 15.1. The van der Waals surface area contributed by atoms with E-state index in [2.05, 4.69) is 27.0 Å². The van der Waals surface area contributed by atoms with Crippen LogP contribution in [-0.4, -0.2) is 35.2 Å². The molecule has 0 radical (unpaired) electrons. The number of aromatic nitrogens is 2. The Morgan fingerprint density at radius 2 is 2.33 bits per heavy atom. The van der Waals surface area contributed by atoms with E-state index in [1.165, 1.54) is 6.20 Å². The van der Waals surface area contributed by atoms with Crippen molar-refractivity contribution in [3.05, 3.63) is 35.8 Å². The van der Waals surface area contributed by atoms with E-state index in [4.69, 9.17) is 14.0 Å². The highest BCUT2D eigenvalue weighted by Crippen LogP contribution is 2.21. The largest absolute Gasteiger partial charge is 0.461 e. The predicted molar refractivity (Wildman–Crippen MR) is 89.1 cm³/mol. The fourth-order valence-electron chi connectivity index (χ4n) is 1.80. The maximum absolute atomic E-state index is 11.8. The van der Waals surface area contributed by atoms with Crippen LogP contribution in [0.25, 0.3) is 5.65 Å². The second kappa shape index (κ2) is 8.63. The molecule has 0 aliphatic heterocycles. The Labute approximate surface area is 137 Å². The molecule has 0 aromatic carbocycles. The van der Waals surface area contributed by atoms with Crippen LogP contribution in [0.3, 0.4) is 0 Å². The van der Waals surface area contributed by atoms with Gasteiger partial charge in [-0.3, -0.25) is 4.40 Å². The maximum atomic E-state index is 11.8. The number of hydrogen-bond donors (Lipinski definition) is 0. The maximum Gasteiger partial charge on any atom is 0.356 e. The van der Waals surface area contributed by atoms with Gasteiger partial charge >= 0.3 is 5.97 Å². The average Bonchev–Trinajstić information content (AvgIpc) is 2.90. The molecule has 2 rings (SSSR count). The van der Waals surface area contributed by atoms with Crippen molar-refractivity contribution >= 4 is 40.1 Å². The normalized spacial score (nSPS) is 11.5. The second-order valence-electron chi connectivity index (χ2n) is 4.11. The monoisotopic (exact) mass is 422 g/mol. The summed E-state index contributed by atoms with van der Waals surface area (Å²) in [6.45, 7) is 4.23. The van der Waals surface area contributed by atoms with Gasteiger partial charge in [-0.1, -0.05) is 0 Å². The highest BCUT2D eigenvalue weighted by atomic mass is 127. The summed E-state index contributed by atoms with van der Waals surface area (Å²) >= 11 is 2.17. The van der Waals surface area contributed by atoms with Gasteiger partial charge < -0.3 is 14.0 Å². The van der Waals surface area contributed by atoms with Gasteiger partial charge in [-0.2, -0.15) is 0 Å². The first-order valence-corrected chi connectivity index (χ1v) is 10.5. The lowest BCUT2D eigenvalue weighted by Gasteiger charge is -2.06. The third kappa shape index (κ3) is 4.60. The van der Waals surface area contributed by atoms with E-state index in [0.717, 1.165) is 5.56 Å². The fraction of sp³-hybridized carbons (Fsp3) is 0.385. The van der Waals surface area contributed by atoms with Crippen LogP contribution >= 0.6 is 28.5 Å². The Balaban J connectivity index is 2.01. The third-order valence-corrected chi connectivity index (χ3v) is 3.96. The number of nitrogens with zero attached hydrogens (tertiary/aromatic N) is 2. The standard InChI is InChI=1S/C13H16IN2O4P/c1-2-19-13(17)11-8-15-12-7-10(3-4-16(11)12)9-18-5-6-20-21-14/h3-4,7-8,21H,2,5-6,9H2,1H3. The molecular formula is C13H16IN2O4P. The number of fused-ring (bicyclic) bond motifs is 1. The molecule has 2 aromatic rings. The van der Waals surface area contributed by atoms with Crippen LogP contribution < -0.4 is 0 Å². The number of pyridine rings is 1. The smallest absolute Gasteiger partial charge is 0.356 e. The van der Waals surface area contributed by atoms with E-state index in [1.807, 2.05) is 12.1 Å². The summed E-state index contributed by atoms with van der Waals surface area (Å²) in [5, 5.41) is 0. The van der Waals surface area contributed by atoms with E-state index in [-0.39, 0.29) is 5.97 Å². The minimum Gasteiger partial charge on any atom is -0.461 e. The lowest BCUT2D eigenvalue weighted by atomic mass is 10.3. The molecule has 0 amide bonds. The molecule has 2 aromatic heterocycles. The van der Waals surface area contributed by atoms with Gasteiger partial charge in [-0.05, 0) is 46.7 Å². The summed E-state index contributed by atoms with van der Waals surface area (Å²) in [7, 11) is 0. The van der Waals surface area contributed by atoms with Gasteiger partial charge in [-0.15, -0.1) is 0 Å². The number of esters is 1. The number of halogens is 1. The number of rotatable bonds is 8. The van der Waals surface area contributed by atoms with Gasteiger partial charge in [0.1, 0.15) is 5.65 Å². The van der Waals surface area contributed by atoms with Crippen molar-refractivity contribution < 1.29 is 18.8 Å². The van der Waals surface area contributed by atoms with Crippen LogP contribution in [0.1, 0.15) is 23.0 Å². The molecule has 0 fully saturated rings. The van der Waals surface area contributed by atoms with Crippen molar-refractivity contribution in [2.75, 3.05) is 19.8 Å². The third-order valence-electron chi connectivity index (χ3n) is 2.72. The van der Waals surface area contributed by atoms with Crippen molar-refractivity contribution in [2.24, 2.45) is 0 Å². The van der Waals surface area contributed by atoms with Crippen LogP contribution in [-0.2, 0) is 20.6 Å². The molecule has 0 saturated carbocycles. The molecular weight excluding hydrogens is 406 g/mol. The van der Waals surface area contributed by atoms with Crippen molar-refractivity contribution in [1.29, 1.82) is 0 Å². The van der Waals surface area contributed by atoms with Crippen LogP contribution in [0.4, 0.5) is 0 Å². The molecule has 0 aliphatic rings. The number of imidazole rings is 1. The first-order chi connectivity index (χ1) is 10.3. The lowest BCUT2D eigenvalue weighted by molar-refractivity contribution is 0.0518. The highest BCUT2D eigenvalue weighted by Gasteiger charge is 2.12. The van der Waals surface area contributed by atoms with Crippen molar-refractivity contribution in [3.63, 3.8) is 0 Å². The van der Waals surface area contributed by atoms with E-state index >= 15 is 0 Å². The van der Waals surface area contributed by atoms with E-state index in [0.29, 0.717) is 44.2 Å². The van der Waals surface area contributed by atoms with Crippen LogP contribution in [0.5, 0.6) is 0 Å². The molecule has 1 atom stereocenters. The molecule has 2 heterocycles. The highest BCUT2D eigenvalue weighted by molar-refractivity contribution is 14.2. The zero-order valence-electron chi connectivity index (χ0n) is 11.5. The van der Waals surface area contributed by atoms with Gasteiger partial charge in [-0.25, -0.2) is 9.78 Å².